The molecule has 10 heteroatoms. The molecule has 170 valence electrons. The van der Waals surface area contributed by atoms with Crippen LogP contribution in [0.25, 0.3) is 0 Å². The van der Waals surface area contributed by atoms with Gasteiger partial charge in [-0.15, -0.1) is 0 Å². The third-order valence-corrected chi connectivity index (χ3v) is 6.56. The number of nitrogens with zero attached hydrogens (tertiary/aromatic N) is 3. The first kappa shape index (κ1) is 23.6. The largest absolute Gasteiger partial charge is 0.271 e. The van der Waals surface area contributed by atoms with E-state index < -0.39 is 27.4 Å². The summed E-state index contributed by atoms with van der Waals surface area (Å²) in [5.41, 5.74) is 4.76. The van der Waals surface area contributed by atoms with Crippen LogP contribution < -0.4 is 9.73 Å². The fourth-order valence-electron chi connectivity index (χ4n) is 3.01. The number of hydrogen-bond donors (Lipinski definition) is 1. The van der Waals surface area contributed by atoms with E-state index in [1.54, 1.807) is 43.3 Å². The second-order valence-corrected chi connectivity index (χ2v) is 9.12. The van der Waals surface area contributed by atoms with Gasteiger partial charge in [0.05, 0.1) is 21.7 Å². The number of hydrazone groups is 1. The van der Waals surface area contributed by atoms with Gasteiger partial charge in [0.1, 0.15) is 6.54 Å². The maximum absolute atomic E-state index is 13.4. The Kier molecular flexibility index (Phi) is 7.19. The van der Waals surface area contributed by atoms with Crippen LogP contribution in [-0.4, -0.2) is 32.0 Å². The zero-order chi connectivity index (χ0) is 24.0. The highest BCUT2D eigenvalue weighted by molar-refractivity contribution is 7.92. The molecule has 0 heterocycles. The molecule has 0 bridgehead atoms. The molecule has 0 aliphatic carbocycles. The highest BCUT2D eigenvalue weighted by atomic mass is 32.2. The van der Waals surface area contributed by atoms with Gasteiger partial charge in [-0.3, -0.25) is 19.2 Å². The van der Waals surface area contributed by atoms with Gasteiger partial charge in [-0.05, 0) is 55.3 Å². The topological polar surface area (TPSA) is 122 Å². The molecule has 0 aliphatic rings. The maximum Gasteiger partial charge on any atom is 0.269 e. The molecule has 0 aliphatic heterocycles. The molecular formula is C23H22N4O5S. The smallest absolute Gasteiger partial charge is 0.269 e. The van der Waals surface area contributed by atoms with Gasteiger partial charge >= 0.3 is 0 Å². The lowest BCUT2D eigenvalue weighted by molar-refractivity contribution is -0.384. The molecule has 0 saturated heterocycles. The second-order valence-electron chi connectivity index (χ2n) is 7.25. The summed E-state index contributed by atoms with van der Waals surface area (Å²) in [5, 5.41) is 14.6. The van der Waals surface area contributed by atoms with E-state index in [2.05, 4.69) is 10.5 Å². The van der Waals surface area contributed by atoms with Crippen LogP contribution in [0, 0.1) is 24.0 Å². The number of sulfonamides is 1. The van der Waals surface area contributed by atoms with Crippen molar-refractivity contribution in [1.82, 2.24) is 5.43 Å². The van der Waals surface area contributed by atoms with Crippen LogP contribution in [0.3, 0.4) is 0 Å². The van der Waals surface area contributed by atoms with Gasteiger partial charge in [0, 0.05) is 12.1 Å². The van der Waals surface area contributed by atoms with E-state index in [0.717, 1.165) is 9.87 Å². The molecule has 1 amide bonds. The normalized spacial score (nSPS) is 11.3. The average Bonchev–Trinajstić information content (AvgIpc) is 2.78. The molecule has 0 atom stereocenters. The van der Waals surface area contributed by atoms with E-state index in [1.807, 2.05) is 6.92 Å². The molecule has 3 aromatic rings. The number of nitro groups is 1. The summed E-state index contributed by atoms with van der Waals surface area (Å²) in [7, 11) is -4.02. The number of carbonyl (C=O) groups excluding carboxylic acids is 1. The van der Waals surface area contributed by atoms with Crippen LogP contribution in [0.1, 0.15) is 16.7 Å². The standard InChI is InChI=1S/C23H22N4O5S/c1-17-7-13-21(14-8-17)33(31,32)26(22-6-4-3-5-18(22)2)16-23(28)25-24-15-19-9-11-20(12-10-19)27(29)30/h3-15H,16H2,1-2H3,(H,25,28)/b24-15+. The molecule has 3 aromatic carbocycles. The minimum absolute atomic E-state index is 0.0635. The number of para-hydroxylation sites is 1. The van der Waals surface area contributed by atoms with Crippen LogP contribution >= 0.6 is 0 Å². The van der Waals surface area contributed by atoms with Gasteiger partial charge in [0.2, 0.25) is 0 Å². The van der Waals surface area contributed by atoms with Crippen molar-refractivity contribution < 1.29 is 18.1 Å². The minimum atomic E-state index is -4.02. The number of nitro benzene ring substituents is 1. The van der Waals surface area contributed by atoms with Crippen molar-refractivity contribution in [2.45, 2.75) is 18.7 Å². The summed E-state index contributed by atoms with van der Waals surface area (Å²) >= 11 is 0. The minimum Gasteiger partial charge on any atom is -0.271 e. The number of aryl methyl sites for hydroxylation is 2. The number of carbonyl (C=O) groups is 1. The van der Waals surface area contributed by atoms with Crippen LogP contribution in [0.15, 0.2) is 82.8 Å². The summed E-state index contributed by atoms with van der Waals surface area (Å²) in [6.07, 6.45) is 1.31. The Labute approximate surface area is 191 Å². The number of nitrogens with one attached hydrogen (secondary N) is 1. The number of rotatable bonds is 8. The molecule has 1 N–H and O–H groups in total. The second kappa shape index (κ2) is 10.0. The van der Waals surface area contributed by atoms with E-state index in [0.29, 0.717) is 16.8 Å². The van der Waals surface area contributed by atoms with E-state index >= 15 is 0 Å². The van der Waals surface area contributed by atoms with Crippen molar-refractivity contribution in [3.63, 3.8) is 0 Å². The first-order valence-electron chi connectivity index (χ1n) is 9.90. The van der Waals surface area contributed by atoms with E-state index in [4.69, 9.17) is 0 Å². The number of hydrogen-bond acceptors (Lipinski definition) is 6. The van der Waals surface area contributed by atoms with Crippen molar-refractivity contribution in [2.75, 3.05) is 10.8 Å². The van der Waals surface area contributed by atoms with Crippen LogP contribution in [0.2, 0.25) is 0 Å². The summed E-state index contributed by atoms with van der Waals surface area (Å²) in [5.74, 6) is -0.646. The fourth-order valence-corrected chi connectivity index (χ4v) is 4.49. The van der Waals surface area contributed by atoms with Crippen LogP contribution in [-0.2, 0) is 14.8 Å². The third-order valence-electron chi connectivity index (χ3n) is 4.79. The monoisotopic (exact) mass is 466 g/mol. The molecule has 0 saturated carbocycles. The number of amides is 1. The first-order valence-corrected chi connectivity index (χ1v) is 11.3. The lowest BCUT2D eigenvalue weighted by Gasteiger charge is -2.25. The van der Waals surface area contributed by atoms with Crippen LogP contribution in [0.4, 0.5) is 11.4 Å². The fraction of sp³-hybridized carbons (Fsp3) is 0.130. The Morgan fingerprint density at radius 3 is 2.27 bits per heavy atom. The summed E-state index contributed by atoms with van der Waals surface area (Å²) in [6, 6.07) is 18.9. The average molecular weight is 467 g/mol. The molecule has 0 spiro atoms. The summed E-state index contributed by atoms with van der Waals surface area (Å²) < 4.78 is 27.8. The van der Waals surface area contributed by atoms with E-state index in [1.165, 1.54) is 42.6 Å². The molecule has 33 heavy (non-hydrogen) atoms. The zero-order valence-corrected chi connectivity index (χ0v) is 18.8. The quantitative estimate of drug-likeness (QED) is 0.309. The van der Waals surface area contributed by atoms with Gasteiger partial charge in [-0.25, -0.2) is 13.8 Å². The van der Waals surface area contributed by atoms with E-state index in [-0.39, 0.29) is 10.6 Å². The molecule has 0 radical (unpaired) electrons. The van der Waals surface area contributed by atoms with Crippen molar-refractivity contribution in [2.24, 2.45) is 5.10 Å². The number of anilines is 1. The SMILES string of the molecule is Cc1ccc(S(=O)(=O)N(CC(=O)N/N=C/c2ccc([N+](=O)[O-])cc2)c2ccccc2C)cc1. The third kappa shape index (κ3) is 5.80. The van der Waals surface area contributed by atoms with Crippen molar-refractivity contribution in [3.05, 3.63) is 99.6 Å². The van der Waals surface area contributed by atoms with E-state index in [9.17, 15) is 23.3 Å². The lowest BCUT2D eigenvalue weighted by Crippen LogP contribution is -2.40. The molecule has 0 fully saturated rings. The highest BCUT2D eigenvalue weighted by Crippen LogP contribution is 2.26. The Morgan fingerprint density at radius 2 is 1.67 bits per heavy atom. The predicted molar refractivity (Wildman–Crippen MR) is 126 cm³/mol. The van der Waals surface area contributed by atoms with Crippen molar-refractivity contribution in [3.8, 4) is 0 Å². The Hall–Kier alpha value is -4.05. The molecule has 3 rings (SSSR count). The molecule has 0 unspecified atom stereocenters. The van der Waals surface area contributed by atoms with Crippen LogP contribution in [0.5, 0.6) is 0 Å². The van der Waals surface area contributed by atoms with Gasteiger partial charge in [0.15, 0.2) is 0 Å². The van der Waals surface area contributed by atoms with Gasteiger partial charge in [0.25, 0.3) is 21.6 Å². The maximum atomic E-state index is 13.4. The Balaban J connectivity index is 1.81. The Bertz CT molecular complexity index is 1290. The zero-order valence-electron chi connectivity index (χ0n) is 18.0. The first-order chi connectivity index (χ1) is 15.7. The van der Waals surface area contributed by atoms with Gasteiger partial charge in [-0.1, -0.05) is 35.9 Å². The van der Waals surface area contributed by atoms with Crippen molar-refractivity contribution in [1.29, 1.82) is 0 Å². The molecule has 9 nitrogen and oxygen atoms in total. The van der Waals surface area contributed by atoms with Crippen molar-refractivity contribution >= 4 is 33.5 Å². The summed E-state index contributed by atoms with van der Waals surface area (Å²) in [4.78, 5) is 22.9. The predicted octanol–water partition coefficient (Wildman–Crippen LogP) is 3.56. The van der Waals surface area contributed by atoms with Gasteiger partial charge in [-0.2, -0.15) is 5.10 Å². The number of benzene rings is 3. The number of non-ortho nitro benzene ring substituents is 1. The highest BCUT2D eigenvalue weighted by Gasteiger charge is 2.28. The lowest BCUT2D eigenvalue weighted by atomic mass is 10.2. The molecule has 0 aromatic heterocycles. The summed E-state index contributed by atoms with van der Waals surface area (Å²) in [6.45, 7) is 3.13. The Morgan fingerprint density at radius 1 is 1.03 bits per heavy atom. The molecular weight excluding hydrogens is 444 g/mol. The van der Waals surface area contributed by atoms with Gasteiger partial charge < -0.3 is 0 Å².